The van der Waals surface area contributed by atoms with Crippen LogP contribution in [0.25, 0.3) is 0 Å². The average molecular weight is 415 g/mol. The van der Waals surface area contributed by atoms with E-state index < -0.39 is 11.6 Å². The highest BCUT2D eigenvalue weighted by atomic mass is 19.2. The van der Waals surface area contributed by atoms with Gasteiger partial charge in [0.1, 0.15) is 5.82 Å². The summed E-state index contributed by atoms with van der Waals surface area (Å²) >= 11 is 0. The fourth-order valence-electron chi connectivity index (χ4n) is 4.16. The highest BCUT2D eigenvalue weighted by molar-refractivity contribution is 5.94. The molecule has 2 aromatic rings. The Morgan fingerprint density at radius 2 is 1.73 bits per heavy atom. The van der Waals surface area contributed by atoms with Gasteiger partial charge in [-0.1, -0.05) is 19.3 Å². The number of aryl methyl sites for hydroxylation is 1. The van der Waals surface area contributed by atoms with E-state index in [0.29, 0.717) is 38.2 Å². The first kappa shape index (κ1) is 20.5. The van der Waals surface area contributed by atoms with Crippen LogP contribution in [0.15, 0.2) is 24.3 Å². The maximum Gasteiger partial charge on any atom is 0.254 e. The highest BCUT2D eigenvalue weighted by Crippen LogP contribution is 2.23. The monoisotopic (exact) mass is 415 g/mol. The summed E-state index contributed by atoms with van der Waals surface area (Å²) in [5.41, 5.74) is 1.07. The number of benzene rings is 1. The van der Waals surface area contributed by atoms with Gasteiger partial charge in [0, 0.05) is 49.5 Å². The smallest absolute Gasteiger partial charge is 0.254 e. The first-order valence-corrected chi connectivity index (χ1v) is 10.6. The van der Waals surface area contributed by atoms with Crippen LogP contribution >= 0.6 is 0 Å². The number of hydrogen-bond donors (Lipinski definition) is 1. The number of nitrogens with one attached hydrogen (secondary N) is 1. The Kier molecular flexibility index (Phi) is 6.11. The average Bonchev–Trinajstić information content (AvgIpc) is 2.75. The molecule has 160 valence electrons. The standard InChI is InChI=1S/C22H27F2N5O/c1-15-13-20(27-22(25-15)26-17-5-3-2-4-6-17)28-9-11-29(12-10-28)21(30)16-7-8-18(23)19(24)14-16/h7-8,13-14,17H,2-6,9-12H2,1H3,(H,25,26,27). The van der Waals surface area contributed by atoms with Gasteiger partial charge in [0.05, 0.1) is 0 Å². The topological polar surface area (TPSA) is 61.4 Å². The third kappa shape index (κ3) is 4.68. The highest BCUT2D eigenvalue weighted by Gasteiger charge is 2.24. The molecular formula is C22H27F2N5O. The molecule has 2 heterocycles. The Morgan fingerprint density at radius 3 is 2.43 bits per heavy atom. The van der Waals surface area contributed by atoms with Crippen molar-refractivity contribution in [3.63, 3.8) is 0 Å². The molecule has 1 aromatic heterocycles. The van der Waals surface area contributed by atoms with Gasteiger partial charge in [-0.25, -0.2) is 13.8 Å². The predicted molar refractivity (Wildman–Crippen MR) is 112 cm³/mol. The van der Waals surface area contributed by atoms with E-state index in [1.54, 1.807) is 4.90 Å². The fourth-order valence-corrected chi connectivity index (χ4v) is 4.16. The molecule has 2 aliphatic rings. The molecule has 0 unspecified atom stereocenters. The van der Waals surface area contributed by atoms with Crippen molar-refractivity contribution in [2.24, 2.45) is 0 Å². The number of halogens is 2. The number of carbonyl (C=O) groups excluding carboxylic acids is 1. The lowest BCUT2D eigenvalue weighted by Gasteiger charge is -2.35. The Labute approximate surface area is 175 Å². The summed E-state index contributed by atoms with van der Waals surface area (Å²) in [6.45, 7) is 4.18. The predicted octanol–water partition coefficient (Wildman–Crippen LogP) is 3.77. The van der Waals surface area contributed by atoms with E-state index in [4.69, 9.17) is 4.98 Å². The molecule has 0 radical (unpaired) electrons. The first-order chi connectivity index (χ1) is 14.5. The number of anilines is 2. The van der Waals surface area contributed by atoms with E-state index in [0.717, 1.165) is 36.5 Å². The molecule has 1 saturated carbocycles. The molecular weight excluding hydrogens is 388 g/mol. The molecule has 0 spiro atoms. The Balaban J connectivity index is 1.39. The van der Waals surface area contributed by atoms with Crippen LogP contribution < -0.4 is 10.2 Å². The van der Waals surface area contributed by atoms with Crippen molar-refractivity contribution in [3.8, 4) is 0 Å². The van der Waals surface area contributed by atoms with Crippen LogP contribution in [-0.2, 0) is 0 Å². The second-order valence-corrected chi connectivity index (χ2v) is 8.08. The van der Waals surface area contributed by atoms with Crippen LogP contribution in [0.5, 0.6) is 0 Å². The number of rotatable bonds is 4. The quantitative estimate of drug-likeness (QED) is 0.824. The Morgan fingerprint density at radius 1 is 1.00 bits per heavy atom. The van der Waals surface area contributed by atoms with Crippen LogP contribution in [0.4, 0.5) is 20.5 Å². The van der Waals surface area contributed by atoms with Gasteiger partial charge in [0.2, 0.25) is 5.95 Å². The van der Waals surface area contributed by atoms with E-state index in [1.807, 2.05) is 13.0 Å². The Bertz CT molecular complexity index is 908. The van der Waals surface area contributed by atoms with Crippen molar-refractivity contribution >= 4 is 17.7 Å². The van der Waals surface area contributed by atoms with Crippen molar-refractivity contribution in [1.29, 1.82) is 0 Å². The van der Waals surface area contributed by atoms with Gasteiger partial charge in [-0.15, -0.1) is 0 Å². The number of amides is 1. The van der Waals surface area contributed by atoms with E-state index in [-0.39, 0.29) is 11.5 Å². The SMILES string of the molecule is Cc1cc(N2CCN(C(=O)c3ccc(F)c(F)c3)CC2)nc(NC2CCCCC2)n1. The zero-order valence-electron chi connectivity index (χ0n) is 17.2. The maximum absolute atomic E-state index is 13.5. The van der Waals surface area contributed by atoms with Crippen molar-refractivity contribution in [3.05, 3.63) is 47.2 Å². The number of nitrogens with zero attached hydrogens (tertiary/aromatic N) is 4. The minimum atomic E-state index is -1.01. The molecule has 0 atom stereocenters. The molecule has 8 heteroatoms. The van der Waals surface area contributed by atoms with Gasteiger partial charge in [-0.2, -0.15) is 4.98 Å². The molecule has 1 aliphatic heterocycles. The summed E-state index contributed by atoms with van der Waals surface area (Å²) in [6, 6.07) is 5.66. The molecule has 6 nitrogen and oxygen atoms in total. The van der Waals surface area contributed by atoms with E-state index in [1.165, 1.54) is 25.3 Å². The lowest BCUT2D eigenvalue weighted by Crippen LogP contribution is -2.49. The maximum atomic E-state index is 13.5. The largest absolute Gasteiger partial charge is 0.353 e. The summed E-state index contributed by atoms with van der Waals surface area (Å²) < 4.78 is 26.6. The van der Waals surface area contributed by atoms with Crippen molar-refractivity contribution in [2.45, 2.75) is 45.1 Å². The lowest BCUT2D eigenvalue weighted by atomic mass is 9.96. The summed E-state index contributed by atoms with van der Waals surface area (Å²) in [5, 5.41) is 3.48. The van der Waals surface area contributed by atoms with E-state index in [2.05, 4.69) is 15.2 Å². The molecule has 0 bridgehead atoms. The molecule has 4 rings (SSSR count). The molecule has 1 amide bonds. The van der Waals surface area contributed by atoms with Crippen LogP contribution in [0.2, 0.25) is 0 Å². The molecule has 30 heavy (non-hydrogen) atoms. The third-order valence-electron chi connectivity index (χ3n) is 5.84. The van der Waals surface area contributed by atoms with Crippen molar-refractivity contribution in [1.82, 2.24) is 14.9 Å². The van der Waals surface area contributed by atoms with Crippen LogP contribution in [0.1, 0.15) is 48.2 Å². The Hall–Kier alpha value is -2.77. The van der Waals surface area contributed by atoms with Crippen molar-refractivity contribution < 1.29 is 13.6 Å². The van der Waals surface area contributed by atoms with Crippen LogP contribution in [-0.4, -0.2) is 53.0 Å². The number of aromatic nitrogens is 2. The van der Waals surface area contributed by atoms with Gasteiger partial charge in [0.15, 0.2) is 11.6 Å². The normalized spacial score (nSPS) is 17.8. The summed E-state index contributed by atoms with van der Waals surface area (Å²) in [6.07, 6.45) is 6.08. The van der Waals surface area contributed by atoms with Crippen LogP contribution in [0, 0.1) is 18.6 Å². The lowest BCUT2D eigenvalue weighted by molar-refractivity contribution is 0.0746. The number of piperazine rings is 1. The first-order valence-electron chi connectivity index (χ1n) is 10.6. The third-order valence-corrected chi connectivity index (χ3v) is 5.84. The molecule has 1 aromatic carbocycles. The molecule has 1 aliphatic carbocycles. The van der Waals surface area contributed by atoms with Gasteiger partial charge in [-0.3, -0.25) is 4.79 Å². The number of carbonyl (C=O) groups is 1. The molecule has 1 N–H and O–H groups in total. The minimum Gasteiger partial charge on any atom is -0.353 e. The molecule has 2 fully saturated rings. The van der Waals surface area contributed by atoms with E-state index >= 15 is 0 Å². The fraction of sp³-hybridized carbons (Fsp3) is 0.500. The van der Waals surface area contributed by atoms with E-state index in [9.17, 15) is 13.6 Å². The van der Waals surface area contributed by atoms with Crippen molar-refractivity contribution in [2.75, 3.05) is 36.4 Å². The van der Waals surface area contributed by atoms with Crippen LogP contribution in [0.3, 0.4) is 0 Å². The molecule has 1 saturated heterocycles. The zero-order valence-corrected chi connectivity index (χ0v) is 17.2. The van der Waals surface area contributed by atoms with Gasteiger partial charge in [-0.05, 0) is 38.0 Å². The zero-order chi connectivity index (χ0) is 21.1. The summed E-state index contributed by atoms with van der Waals surface area (Å²) in [5.74, 6) is -0.730. The number of hydrogen-bond acceptors (Lipinski definition) is 5. The second kappa shape index (κ2) is 8.93. The van der Waals surface area contributed by atoms with Gasteiger partial charge < -0.3 is 15.1 Å². The van der Waals surface area contributed by atoms with Gasteiger partial charge in [0.25, 0.3) is 5.91 Å². The summed E-state index contributed by atoms with van der Waals surface area (Å²) in [7, 11) is 0. The second-order valence-electron chi connectivity index (χ2n) is 8.08. The summed E-state index contributed by atoms with van der Waals surface area (Å²) in [4.78, 5) is 25.7. The minimum absolute atomic E-state index is 0.166. The van der Waals surface area contributed by atoms with Gasteiger partial charge >= 0.3 is 0 Å².